The summed E-state index contributed by atoms with van der Waals surface area (Å²) >= 11 is 0. The molecule has 24 heavy (non-hydrogen) atoms. The fourth-order valence-corrected chi connectivity index (χ4v) is 1.31. The molecule has 1 aliphatic heterocycles. The van der Waals surface area contributed by atoms with Crippen molar-refractivity contribution in [3.8, 4) is 0 Å². The lowest BCUT2D eigenvalue weighted by atomic mass is 10.4. The summed E-state index contributed by atoms with van der Waals surface area (Å²) in [7, 11) is 1.57. The fourth-order valence-electron chi connectivity index (χ4n) is 1.31. The summed E-state index contributed by atoms with van der Waals surface area (Å²) in [5, 5.41) is 7.93. The van der Waals surface area contributed by atoms with E-state index in [1.54, 1.807) is 19.3 Å². The van der Waals surface area contributed by atoms with E-state index < -0.39 is 0 Å². The fraction of sp³-hybridized carbons (Fsp3) is 0.750. The molecule has 1 rings (SSSR count). The second-order valence-corrected chi connectivity index (χ2v) is 4.62. The lowest BCUT2D eigenvalue weighted by molar-refractivity contribution is -0.140. The van der Waals surface area contributed by atoms with E-state index >= 15 is 0 Å². The van der Waals surface area contributed by atoms with Crippen molar-refractivity contribution in [1.29, 1.82) is 0 Å². The molecule has 8 nitrogen and oxygen atoms in total. The third kappa shape index (κ3) is 17.5. The molecule has 142 valence electrons. The first kappa shape index (κ1) is 23.2. The van der Waals surface area contributed by atoms with E-state index in [2.05, 4.69) is 17.9 Å². The van der Waals surface area contributed by atoms with Crippen LogP contribution in [-0.2, 0) is 33.2 Å². The van der Waals surface area contributed by atoms with E-state index in [1.807, 2.05) is 0 Å². The predicted octanol–water partition coefficient (Wildman–Crippen LogP) is 0.706. The second kappa shape index (κ2) is 18.5. The Kier molecular flexibility index (Phi) is 17.9. The monoisotopic (exact) mass is 350 g/mol. The van der Waals surface area contributed by atoms with Crippen LogP contribution in [0.25, 0.3) is 0 Å². The van der Waals surface area contributed by atoms with Crippen LogP contribution in [-0.4, -0.2) is 84.4 Å². The molecule has 0 bridgehead atoms. The Morgan fingerprint density at radius 3 is 2.29 bits per heavy atom. The summed E-state index contributed by atoms with van der Waals surface area (Å²) in [4.78, 5) is 0. The van der Waals surface area contributed by atoms with Crippen molar-refractivity contribution in [1.82, 2.24) is 0 Å². The van der Waals surface area contributed by atoms with Crippen molar-refractivity contribution in [3.05, 3.63) is 25.3 Å². The van der Waals surface area contributed by atoms with Gasteiger partial charge in [-0.05, 0) is 0 Å². The maximum atomic E-state index is 7.93. The van der Waals surface area contributed by atoms with E-state index in [4.69, 9.17) is 33.5 Å². The molecule has 0 aromatic rings. The number of rotatable bonds is 16. The molecule has 1 heterocycles. The molecular weight excluding hydrogens is 320 g/mol. The quantitative estimate of drug-likeness (QED) is 0.188. The average Bonchev–Trinajstić information content (AvgIpc) is 3.42. The SMILES string of the molecule is C=CCOCO.C=CCOCOCC(COCC1CO1)OCOC. The molecule has 1 aliphatic rings. The number of epoxide rings is 1. The van der Waals surface area contributed by atoms with Gasteiger partial charge < -0.3 is 38.3 Å². The van der Waals surface area contributed by atoms with Gasteiger partial charge in [-0.25, -0.2) is 0 Å². The van der Waals surface area contributed by atoms with Crippen LogP contribution in [0.3, 0.4) is 0 Å². The van der Waals surface area contributed by atoms with Crippen molar-refractivity contribution in [3.63, 3.8) is 0 Å². The molecule has 8 heteroatoms. The van der Waals surface area contributed by atoms with Gasteiger partial charge in [0.1, 0.15) is 32.6 Å². The molecule has 1 N–H and O–H groups in total. The highest BCUT2D eigenvalue weighted by molar-refractivity contribution is 4.68. The first-order valence-electron chi connectivity index (χ1n) is 7.64. The number of aliphatic hydroxyl groups is 1. The maximum absolute atomic E-state index is 7.93. The van der Waals surface area contributed by atoms with Crippen molar-refractivity contribution < 1.29 is 38.3 Å². The normalized spacial score (nSPS) is 16.8. The number of methoxy groups -OCH3 is 1. The summed E-state index contributed by atoms with van der Waals surface area (Å²) in [6, 6.07) is 0. The highest BCUT2D eigenvalue weighted by Gasteiger charge is 2.23. The van der Waals surface area contributed by atoms with Gasteiger partial charge in [0.05, 0.1) is 39.6 Å². The topological polar surface area (TPSA) is 88.1 Å². The molecular formula is C16H30O8. The Hall–Kier alpha value is -0.840. The minimum atomic E-state index is -0.216. The maximum Gasteiger partial charge on any atom is 0.147 e. The van der Waals surface area contributed by atoms with Crippen LogP contribution in [0, 0.1) is 0 Å². The van der Waals surface area contributed by atoms with Crippen molar-refractivity contribution in [2.24, 2.45) is 0 Å². The van der Waals surface area contributed by atoms with Gasteiger partial charge in [0, 0.05) is 7.11 Å². The highest BCUT2D eigenvalue weighted by atomic mass is 16.7. The zero-order valence-corrected chi connectivity index (χ0v) is 14.4. The zero-order chi connectivity index (χ0) is 17.9. The third-order valence-corrected chi connectivity index (χ3v) is 2.46. The zero-order valence-electron chi connectivity index (χ0n) is 14.4. The Balaban J connectivity index is 0.000000754. The van der Waals surface area contributed by atoms with E-state index in [0.717, 1.165) is 6.61 Å². The Morgan fingerprint density at radius 2 is 1.75 bits per heavy atom. The van der Waals surface area contributed by atoms with E-state index in [-0.39, 0.29) is 32.6 Å². The molecule has 0 spiro atoms. The molecule has 0 aliphatic carbocycles. The standard InChI is InChI=1S/C12H22O6.C4H8O2/c1-3-4-14-10-16-7-11(18-9-13-2)5-15-6-12-8-17-12;1-2-3-6-4-5/h3,11-12H,1,4-10H2,2H3;2,5H,1,3-4H2. The van der Waals surface area contributed by atoms with Gasteiger partial charge in [0.2, 0.25) is 0 Å². The van der Waals surface area contributed by atoms with Crippen LogP contribution in [0.15, 0.2) is 25.3 Å². The van der Waals surface area contributed by atoms with E-state index in [9.17, 15) is 0 Å². The average molecular weight is 350 g/mol. The van der Waals surface area contributed by atoms with Crippen LogP contribution in [0.1, 0.15) is 0 Å². The van der Waals surface area contributed by atoms with E-state index in [1.165, 1.54) is 0 Å². The van der Waals surface area contributed by atoms with Crippen LogP contribution in [0.2, 0.25) is 0 Å². The first-order chi connectivity index (χ1) is 11.8. The largest absolute Gasteiger partial charge is 0.376 e. The molecule has 2 atom stereocenters. The van der Waals surface area contributed by atoms with Gasteiger partial charge in [-0.15, -0.1) is 13.2 Å². The summed E-state index contributed by atoms with van der Waals surface area (Å²) < 4.78 is 35.6. The lowest BCUT2D eigenvalue weighted by Gasteiger charge is -2.17. The van der Waals surface area contributed by atoms with Crippen LogP contribution in [0.5, 0.6) is 0 Å². The molecule has 0 aromatic heterocycles. The molecule has 1 fully saturated rings. The number of aliphatic hydroxyl groups excluding tert-OH is 1. The van der Waals surface area contributed by atoms with Gasteiger partial charge in [0.15, 0.2) is 0 Å². The number of hydrogen-bond acceptors (Lipinski definition) is 8. The van der Waals surface area contributed by atoms with Crippen molar-refractivity contribution in [2.45, 2.75) is 12.2 Å². The smallest absolute Gasteiger partial charge is 0.147 e. The molecule has 0 amide bonds. The van der Waals surface area contributed by atoms with Crippen LogP contribution >= 0.6 is 0 Å². The minimum absolute atomic E-state index is 0.170. The van der Waals surface area contributed by atoms with Gasteiger partial charge >= 0.3 is 0 Å². The Bertz CT molecular complexity index is 283. The van der Waals surface area contributed by atoms with Gasteiger partial charge in [0.25, 0.3) is 0 Å². The van der Waals surface area contributed by atoms with Crippen molar-refractivity contribution in [2.75, 3.05) is 67.1 Å². The molecule has 2 unspecified atom stereocenters. The summed E-state index contributed by atoms with van der Waals surface area (Å²) in [5.41, 5.74) is 0. The minimum Gasteiger partial charge on any atom is -0.376 e. The van der Waals surface area contributed by atoms with Crippen LogP contribution < -0.4 is 0 Å². The molecule has 1 saturated heterocycles. The molecule has 0 aromatic carbocycles. The molecule has 0 saturated carbocycles. The van der Waals surface area contributed by atoms with Crippen molar-refractivity contribution >= 4 is 0 Å². The summed E-state index contributed by atoms with van der Waals surface area (Å²) in [6.45, 7) is 10.2. The highest BCUT2D eigenvalue weighted by Crippen LogP contribution is 2.09. The molecule has 0 radical (unpaired) electrons. The summed E-state index contributed by atoms with van der Waals surface area (Å²) in [6.07, 6.45) is 3.33. The third-order valence-electron chi connectivity index (χ3n) is 2.46. The lowest BCUT2D eigenvalue weighted by Crippen LogP contribution is -2.28. The van der Waals surface area contributed by atoms with Gasteiger partial charge in [-0.2, -0.15) is 0 Å². The second-order valence-electron chi connectivity index (χ2n) is 4.62. The Morgan fingerprint density at radius 1 is 1.08 bits per heavy atom. The van der Waals surface area contributed by atoms with Crippen LogP contribution in [0.4, 0.5) is 0 Å². The summed E-state index contributed by atoms with van der Waals surface area (Å²) in [5.74, 6) is 0. The van der Waals surface area contributed by atoms with Gasteiger partial charge in [-0.1, -0.05) is 12.2 Å². The van der Waals surface area contributed by atoms with E-state index in [0.29, 0.717) is 33.0 Å². The first-order valence-corrected chi connectivity index (χ1v) is 7.64. The number of hydrogen-bond donors (Lipinski definition) is 1. The predicted molar refractivity (Wildman–Crippen MR) is 87.5 cm³/mol. The van der Waals surface area contributed by atoms with Gasteiger partial charge in [-0.3, -0.25) is 0 Å². The number of ether oxygens (including phenoxy) is 7. The Labute approximate surface area is 143 Å².